The second kappa shape index (κ2) is 5.50. The maximum Gasteiger partial charge on any atom is 0.0332 e. The molecule has 0 atom stereocenters. The van der Waals surface area contributed by atoms with Crippen molar-refractivity contribution in [2.24, 2.45) is 5.73 Å². The molecule has 2 rings (SSSR count). The summed E-state index contributed by atoms with van der Waals surface area (Å²) >= 11 is 2.12. The van der Waals surface area contributed by atoms with Gasteiger partial charge in [0.1, 0.15) is 0 Å². The van der Waals surface area contributed by atoms with Crippen molar-refractivity contribution < 1.29 is 0 Å². The van der Waals surface area contributed by atoms with Crippen molar-refractivity contribution in [3.63, 3.8) is 0 Å². The Morgan fingerprint density at radius 1 is 1.12 bits per heavy atom. The third-order valence-electron chi connectivity index (χ3n) is 4.51. The lowest BCUT2D eigenvalue weighted by atomic mass is 9.87. The Kier molecular flexibility index (Phi) is 4.43. The number of rotatable bonds is 2. The molecule has 2 N–H and O–H groups in total. The van der Waals surface area contributed by atoms with Gasteiger partial charge in [-0.05, 0) is 26.7 Å². The summed E-state index contributed by atoms with van der Waals surface area (Å²) in [5.41, 5.74) is 6.51. The van der Waals surface area contributed by atoms with Gasteiger partial charge < -0.3 is 5.73 Å². The van der Waals surface area contributed by atoms with E-state index in [4.69, 9.17) is 5.73 Å². The third-order valence-corrected chi connectivity index (χ3v) is 5.81. The van der Waals surface area contributed by atoms with Gasteiger partial charge in [0.2, 0.25) is 0 Å². The van der Waals surface area contributed by atoms with Gasteiger partial charge in [0.05, 0.1) is 0 Å². The molecule has 100 valence electrons. The molecule has 2 aliphatic rings. The second-order valence-electron chi connectivity index (χ2n) is 6.37. The van der Waals surface area contributed by atoms with Crippen LogP contribution in [-0.4, -0.2) is 40.6 Å². The standard InChI is InChI=1S/C14H28N2S/c1-13(2)12-16(9-10-17-13)14(11-15)7-5-3-4-6-8-14/h3-12,15H2,1-2H3. The molecule has 0 radical (unpaired) electrons. The van der Waals surface area contributed by atoms with E-state index < -0.39 is 0 Å². The first-order chi connectivity index (χ1) is 8.08. The Morgan fingerprint density at radius 3 is 2.29 bits per heavy atom. The fourth-order valence-corrected chi connectivity index (χ4v) is 4.57. The molecule has 0 unspecified atom stereocenters. The average Bonchev–Trinajstić information content (AvgIpc) is 2.53. The molecule has 1 aliphatic heterocycles. The normalized spacial score (nSPS) is 29.8. The van der Waals surface area contributed by atoms with Gasteiger partial charge in [-0.3, -0.25) is 4.90 Å². The maximum absolute atomic E-state index is 6.18. The number of thioether (sulfide) groups is 1. The zero-order valence-electron chi connectivity index (χ0n) is 11.5. The Hall–Kier alpha value is 0.270. The van der Waals surface area contributed by atoms with Crippen LogP contribution in [-0.2, 0) is 0 Å². The Balaban J connectivity index is 2.10. The van der Waals surface area contributed by atoms with E-state index in [2.05, 4.69) is 30.5 Å². The van der Waals surface area contributed by atoms with E-state index in [0.717, 1.165) is 6.54 Å². The van der Waals surface area contributed by atoms with Gasteiger partial charge >= 0.3 is 0 Å². The van der Waals surface area contributed by atoms with Crippen LogP contribution >= 0.6 is 11.8 Å². The van der Waals surface area contributed by atoms with Crippen molar-refractivity contribution in [3.05, 3.63) is 0 Å². The van der Waals surface area contributed by atoms with Crippen LogP contribution in [0.2, 0.25) is 0 Å². The Labute approximate surface area is 111 Å². The van der Waals surface area contributed by atoms with Crippen LogP contribution in [0.3, 0.4) is 0 Å². The molecule has 0 spiro atoms. The highest BCUT2D eigenvalue weighted by Gasteiger charge is 2.40. The van der Waals surface area contributed by atoms with Crippen LogP contribution < -0.4 is 5.73 Å². The monoisotopic (exact) mass is 256 g/mol. The van der Waals surface area contributed by atoms with Gasteiger partial charge in [-0.2, -0.15) is 11.8 Å². The van der Waals surface area contributed by atoms with Crippen molar-refractivity contribution in [1.82, 2.24) is 4.90 Å². The van der Waals surface area contributed by atoms with E-state index in [1.807, 2.05) is 0 Å². The third kappa shape index (κ3) is 3.18. The van der Waals surface area contributed by atoms with E-state index >= 15 is 0 Å². The molecule has 0 aromatic rings. The molecule has 0 amide bonds. The quantitative estimate of drug-likeness (QED) is 0.770. The van der Waals surface area contributed by atoms with Gasteiger partial charge in [-0.15, -0.1) is 0 Å². The van der Waals surface area contributed by atoms with E-state index in [1.165, 1.54) is 57.4 Å². The zero-order valence-corrected chi connectivity index (χ0v) is 12.3. The van der Waals surface area contributed by atoms with Crippen molar-refractivity contribution in [3.8, 4) is 0 Å². The summed E-state index contributed by atoms with van der Waals surface area (Å²) in [5.74, 6) is 1.27. The lowest BCUT2D eigenvalue weighted by Crippen LogP contribution is -2.59. The molecule has 1 saturated heterocycles. The van der Waals surface area contributed by atoms with Crippen LogP contribution in [0.4, 0.5) is 0 Å². The van der Waals surface area contributed by atoms with Gasteiger partial charge in [0, 0.05) is 35.7 Å². The molecule has 2 nitrogen and oxygen atoms in total. The second-order valence-corrected chi connectivity index (χ2v) is 8.17. The SMILES string of the molecule is CC1(C)CN(C2(CN)CCCCCC2)CCS1. The van der Waals surface area contributed by atoms with Gasteiger partial charge in [-0.1, -0.05) is 25.7 Å². The van der Waals surface area contributed by atoms with Crippen LogP contribution in [0.15, 0.2) is 0 Å². The van der Waals surface area contributed by atoms with Crippen LogP contribution in [0.1, 0.15) is 52.4 Å². The fraction of sp³-hybridized carbons (Fsp3) is 1.00. The summed E-state index contributed by atoms with van der Waals surface area (Å²) in [6.07, 6.45) is 8.22. The van der Waals surface area contributed by atoms with Crippen LogP contribution in [0.5, 0.6) is 0 Å². The molecule has 1 saturated carbocycles. The minimum atomic E-state index is 0.328. The van der Waals surface area contributed by atoms with Crippen molar-refractivity contribution >= 4 is 11.8 Å². The minimum absolute atomic E-state index is 0.328. The summed E-state index contributed by atoms with van der Waals surface area (Å²) in [6, 6.07) is 0. The summed E-state index contributed by atoms with van der Waals surface area (Å²) < 4.78 is 0.409. The predicted octanol–water partition coefficient (Wildman–Crippen LogP) is 2.87. The molecule has 0 bridgehead atoms. The summed E-state index contributed by atoms with van der Waals surface area (Å²) in [7, 11) is 0. The number of hydrogen-bond acceptors (Lipinski definition) is 3. The number of hydrogen-bond donors (Lipinski definition) is 1. The van der Waals surface area contributed by atoms with Gasteiger partial charge in [-0.25, -0.2) is 0 Å². The first kappa shape index (κ1) is 13.7. The fourth-order valence-electron chi connectivity index (χ4n) is 3.46. The summed E-state index contributed by atoms with van der Waals surface area (Å²) in [5, 5.41) is 0. The lowest BCUT2D eigenvalue weighted by Gasteiger charge is -2.49. The average molecular weight is 256 g/mol. The van der Waals surface area contributed by atoms with Crippen molar-refractivity contribution in [1.29, 1.82) is 0 Å². The molecular formula is C14H28N2S. The highest BCUT2D eigenvalue weighted by Crippen LogP contribution is 2.38. The minimum Gasteiger partial charge on any atom is -0.329 e. The maximum atomic E-state index is 6.18. The van der Waals surface area contributed by atoms with Crippen LogP contribution in [0.25, 0.3) is 0 Å². The lowest BCUT2D eigenvalue weighted by molar-refractivity contribution is 0.0729. The zero-order chi connectivity index (χ0) is 12.4. The number of nitrogens with two attached hydrogens (primary N) is 1. The predicted molar refractivity (Wildman–Crippen MR) is 77.6 cm³/mol. The highest BCUT2D eigenvalue weighted by molar-refractivity contribution is 8.00. The molecular weight excluding hydrogens is 228 g/mol. The number of nitrogens with zero attached hydrogens (tertiary/aromatic N) is 1. The largest absolute Gasteiger partial charge is 0.329 e. The van der Waals surface area contributed by atoms with Crippen LogP contribution in [0, 0.1) is 0 Å². The molecule has 1 aliphatic carbocycles. The van der Waals surface area contributed by atoms with Gasteiger partial charge in [0.25, 0.3) is 0 Å². The topological polar surface area (TPSA) is 29.3 Å². The molecule has 1 heterocycles. The van der Waals surface area contributed by atoms with Crippen molar-refractivity contribution in [2.45, 2.75) is 62.7 Å². The van der Waals surface area contributed by atoms with E-state index in [1.54, 1.807) is 0 Å². The molecule has 0 aromatic carbocycles. The molecule has 0 aromatic heterocycles. The Morgan fingerprint density at radius 2 is 1.76 bits per heavy atom. The Bertz CT molecular complexity index is 245. The van der Waals surface area contributed by atoms with E-state index in [0.29, 0.717) is 10.3 Å². The van der Waals surface area contributed by atoms with Crippen molar-refractivity contribution in [2.75, 3.05) is 25.4 Å². The van der Waals surface area contributed by atoms with E-state index in [9.17, 15) is 0 Å². The first-order valence-corrected chi connectivity index (χ1v) is 8.16. The first-order valence-electron chi connectivity index (χ1n) is 7.17. The summed E-state index contributed by atoms with van der Waals surface area (Å²) in [4.78, 5) is 2.73. The highest BCUT2D eigenvalue weighted by atomic mass is 32.2. The molecule has 3 heteroatoms. The molecule has 2 fully saturated rings. The molecule has 17 heavy (non-hydrogen) atoms. The van der Waals surface area contributed by atoms with Gasteiger partial charge in [0.15, 0.2) is 0 Å². The summed E-state index contributed by atoms with van der Waals surface area (Å²) in [6.45, 7) is 8.07. The van der Waals surface area contributed by atoms with E-state index in [-0.39, 0.29) is 0 Å². The smallest absolute Gasteiger partial charge is 0.0332 e.